The fraction of sp³-hybridized carbons (Fsp3) is 0.467. The highest BCUT2D eigenvalue weighted by atomic mass is 35.5. The van der Waals surface area contributed by atoms with Crippen LogP contribution in [0.4, 0.5) is 0 Å². The Bertz CT molecular complexity index is 530. The largest absolute Gasteiger partial charge is 0.481 e. The van der Waals surface area contributed by atoms with Crippen LogP contribution in [0.15, 0.2) is 18.2 Å². The molecule has 20 heavy (non-hydrogen) atoms. The summed E-state index contributed by atoms with van der Waals surface area (Å²) >= 11 is 6.11. The summed E-state index contributed by atoms with van der Waals surface area (Å²) in [7, 11) is 0. The molecule has 1 aromatic carbocycles. The minimum absolute atomic E-state index is 0.0139. The lowest BCUT2D eigenvalue weighted by molar-refractivity contribution is -0.142. The minimum atomic E-state index is -0.768. The smallest absolute Gasteiger partial charge is 0.306 e. The molecule has 2 N–H and O–H groups in total. The third-order valence-corrected chi connectivity index (χ3v) is 4.44. The molecule has 0 spiro atoms. The summed E-state index contributed by atoms with van der Waals surface area (Å²) in [5.74, 6) is -1.34. The van der Waals surface area contributed by atoms with E-state index in [1.807, 2.05) is 13.0 Å². The molecule has 5 heteroatoms. The fourth-order valence-electron chi connectivity index (χ4n) is 2.75. The van der Waals surface area contributed by atoms with Crippen LogP contribution in [0.3, 0.4) is 0 Å². The van der Waals surface area contributed by atoms with Crippen LogP contribution in [0.5, 0.6) is 0 Å². The second kappa shape index (κ2) is 6.27. The molecule has 0 saturated heterocycles. The molecule has 2 unspecified atom stereocenters. The van der Waals surface area contributed by atoms with Crippen LogP contribution in [-0.4, -0.2) is 23.5 Å². The molecule has 0 heterocycles. The molecule has 1 fully saturated rings. The van der Waals surface area contributed by atoms with Gasteiger partial charge in [-0.15, -0.1) is 0 Å². The maximum Gasteiger partial charge on any atom is 0.306 e. The van der Waals surface area contributed by atoms with E-state index in [1.54, 1.807) is 12.1 Å². The van der Waals surface area contributed by atoms with Crippen molar-refractivity contribution in [3.05, 3.63) is 34.3 Å². The van der Waals surface area contributed by atoms with E-state index < -0.39 is 5.97 Å². The van der Waals surface area contributed by atoms with Crippen LogP contribution in [-0.2, 0) is 4.79 Å². The number of aliphatic carboxylic acids is 1. The second-order valence-corrected chi connectivity index (χ2v) is 5.66. The zero-order chi connectivity index (χ0) is 14.7. The Morgan fingerprint density at radius 3 is 2.85 bits per heavy atom. The van der Waals surface area contributed by atoms with Crippen molar-refractivity contribution in [2.24, 2.45) is 11.8 Å². The summed E-state index contributed by atoms with van der Waals surface area (Å²) in [6.45, 7) is 2.23. The van der Waals surface area contributed by atoms with E-state index in [4.69, 9.17) is 16.7 Å². The number of carbonyl (C=O) groups excluding carboxylic acids is 1. The molecule has 1 aliphatic carbocycles. The maximum atomic E-state index is 12.1. The molecule has 1 amide bonds. The van der Waals surface area contributed by atoms with Gasteiger partial charge < -0.3 is 10.4 Å². The normalized spacial score (nSPS) is 21.7. The van der Waals surface area contributed by atoms with Gasteiger partial charge in [-0.1, -0.05) is 30.2 Å². The van der Waals surface area contributed by atoms with Gasteiger partial charge in [0.2, 0.25) is 0 Å². The predicted octanol–water partition coefficient (Wildman–Crippen LogP) is 2.88. The Balaban J connectivity index is 1.99. The molecular weight excluding hydrogens is 278 g/mol. The van der Waals surface area contributed by atoms with Crippen molar-refractivity contribution in [1.29, 1.82) is 0 Å². The number of hydrogen-bond donors (Lipinski definition) is 2. The molecule has 108 valence electrons. The zero-order valence-corrected chi connectivity index (χ0v) is 12.1. The summed E-state index contributed by atoms with van der Waals surface area (Å²) in [5.41, 5.74) is 1.29. The van der Waals surface area contributed by atoms with Crippen molar-refractivity contribution in [3.8, 4) is 0 Å². The third-order valence-electron chi connectivity index (χ3n) is 3.94. The number of halogens is 1. The van der Waals surface area contributed by atoms with Crippen molar-refractivity contribution < 1.29 is 14.7 Å². The van der Waals surface area contributed by atoms with E-state index in [0.29, 0.717) is 23.6 Å². The number of hydrogen-bond acceptors (Lipinski definition) is 2. The molecule has 0 bridgehead atoms. The van der Waals surface area contributed by atoms with Crippen LogP contribution >= 0.6 is 11.6 Å². The summed E-state index contributed by atoms with van der Waals surface area (Å²) in [4.78, 5) is 23.2. The zero-order valence-electron chi connectivity index (χ0n) is 11.4. The van der Waals surface area contributed by atoms with Crippen LogP contribution in [0.2, 0.25) is 5.02 Å². The fourth-order valence-corrected chi connectivity index (χ4v) is 2.96. The van der Waals surface area contributed by atoms with Crippen molar-refractivity contribution in [3.63, 3.8) is 0 Å². The van der Waals surface area contributed by atoms with Gasteiger partial charge in [-0.2, -0.15) is 0 Å². The van der Waals surface area contributed by atoms with Gasteiger partial charge in [0, 0.05) is 6.54 Å². The number of carboxylic acids is 1. The number of rotatable bonds is 4. The van der Waals surface area contributed by atoms with Gasteiger partial charge in [0.15, 0.2) is 0 Å². The molecular formula is C15H18ClNO3. The number of aryl methyl sites for hydroxylation is 1. The molecule has 2 rings (SSSR count). The number of nitrogens with one attached hydrogen (secondary N) is 1. The van der Waals surface area contributed by atoms with E-state index in [2.05, 4.69) is 5.32 Å². The van der Waals surface area contributed by atoms with Crippen molar-refractivity contribution in [2.75, 3.05) is 6.54 Å². The first-order chi connectivity index (χ1) is 9.50. The molecule has 2 atom stereocenters. The van der Waals surface area contributed by atoms with Gasteiger partial charge in [0.1, 0.15) is 0 Å². The number of benzene rings is 1. The van der Waals surface area contributed by atoms with Gasteiger partial charge in [-0.05, 0) is 37.3 Å². The second-order valence-electron chi connectivity index (χ2n) is 5.28. The molecule has 1 aromatic rings. The van der Waals surface area contributed by atoms with Crippen LogP contribution in [0.1, 0.15) is 35.2 Å². The monoisotopic (exact) mass is 295 g/mol. The number of carboxylic acid groups (broad SMARTS) is 1. The van der Waals surface area contributed by atoms with E-state index in [1.165, 1.54) is 0 Å². The first-order valence-corrected chi connectivity index (χ1v) is 7.14. The Morgan fingerprint density at radius 2 is 2.15 bits per heavy atom. The highest BCUT2D eigenvalue weighted by Crippen LogP contribution is 2.31. The maximum absolute atomic E-state index is 12.1. The van der Waals surface area contributed by atoms with Gasteiger partial charge in [-0.3, -0.25) is 9.59 Å². The first kappa shape index (κ1) is 14.9. The predicted molar refractivity (Wildman–Crippen MR) is 77.0 cm³/mol. The van der Waals surface area contributed by atoms with E-state index >= 15 is 0 Å². The average molecular weight is 296 g/mol. The summed E-state index contributed by atoms with van der Waals surface area (Å²) in [6.07, 6.45) is 2.45. The van der Waals surface area contributed by atoms with Gasteiger partial charge in [-0.25, -0.2) is 0 Å². The van der Waals surface area contributed by atoms with Gasteiger partial charge in [0.05, 0.1) is 16.5 Å². The Kier molecular flexibility index (Phi) is 4.65. The van der Waals surface area contributed by atoms with Crippen molar-refractivity contribution >= 4 is 23.5 Å². The Hall–Kier alpha value is -1.55. The van der Waals surface area contributed by atoms with Crippen LogP contribution < -0.4 is 5.32 Å². The lowest BCUT2D eigenvalue weighted by Gasteiger charge is -2.16. The molecule has 0 radical (unpaired) electrons. The molecule has 0 aromatic heterocycles. The summed E-state index contributed by atoms with van der Waals surface area (Å²) in [5, 5.41) is 12.4. The highest BCUT2D eigenvalue weighted by Gasteiger charge is 2.32. The SMILES string of the molecule is Cc1cccc(C(=O)NCC2CCCC2C(=O)O)c1Cl. The first-order valence-electron chi connectivity index (χ1n) is 6.77. The summed E-state index contributed by atoms with van der Waals surface area (Å²) in [6, 6.07) is 5.30. The Labute approximate surface area is 123 Å². The Morgan fingerprint density at radius 1 is 1.40 bits per heavy atom. The van der Waals surface area contributed by atoms with E-state index in [0.717, 1.165) is 18.4 Å². The van der Waals surface area contributed by atoms with Crippen molar-refractivity contribution in [1.82, 2.24) is 5.32 Å². The summed E-state index contributed by atoms with van der Waals surface area (Å²) < 4.78 is 0. The number of carbonyl (C=O) groups is 2. The lowest BCUT2D eigenvalue weighted by Crippen LogP contribution is -2.33. The molecule has 0 aliphatic heterocycles. The van der Waals surface area contributed by atoms with E-state index in [-0.39, 0.29) is 17.7 Å². The molecule has 1 aliphatic rings. The topological polar surface area (TPSA) is 66.4 Å². The minimum Gasteiger partial charge on any atom is -0.481 e. The highest BCUT2D eigenvalue weighted by molar-refractivity contribution is 6.34. The molecule has 4 nitrogen and oxygen atoms in total. The van der Waals surface area contributed by atoms with Crippen LogP contribution in [0, 0.1) is 18.8 Å². The average Bonchev–Trinajstić information content (AvgIpc) is 2.87. The quantitative estimate of drug-likeness (QED) is 0.897. The third kappa shape index (κ3) is 3.12. The van der Waals surface area contributed by atoms with Gasteiger partial charge >= 0.3 is 5.97 Å². The van der Waals surface area contributed by atoms with Crippen LogP contribution in [0.25, 0.3) is 0 Å². The van der Waals surface area contributed by atoms with Crippen molar-refractivity contribution in [2.45, 2.75) is 26.2 Å². The molecule has 1 saturated carbocycles. The van der Waals surface area contributed by atoms with E-state index in [9.17, 15) is 9.59 Å². The van der Waals surface area contributed by atoms with Gasteiger partial charge in [0.25, 0.3) is 5.91 Å². The standard InChI is InChI=1S/C15H18ClNO3/c1-9-4-2-7-12(13(9)16)14(18)17-8-10-5-3-6-11(10)15(19)20/h2,4,7,10-11H,3,5-6,8H2,1H3,(H,17,18)(H,19,20). The lowest BCUT2D eigenvalue weighted by atomic mass is 9.96. The number of amides is 1.